The van der Waals surface area contributed by atoms with Crippen LogP contribution in [0.4, 0.5) is 0 Å². The summed E-state index contributed by atoms with van der Waals surface area (Å²) in [5.74, 6) is -0.304. The summed E-state index contributed by atoms with van der Waals surface area (Å²) in [5, 5.41) is 13.4. The van der Waals surface area contributed by atoms with Crippen molar-refractivity contribution in [3.8, 4) is 0 Å². The van der Waals surface area contributed by atoms with Crippen molar-refractivity contribution < 1.29 is 14.3 Å². The Morgan fingerprint density at radius 1 is 1.03 bits per heavy atom. The quantitative estimate of drug-likeness (QED) is 0.515. The smallest absolute Gasteiger partial charge is 0.251 e. The number of amides is 2. The fourth-order valence-electron chi connectivity index (χ4n) is 3.54. The minimum atomic E-state index is -0.208. The molecular weight excluding hydrogens is 394 g/mol. The molecular formula is C23H27N5O3. The zero-order valence-electron chi connectivity index (χ0n) is 17.4. The zero-order valence-corrected chi connectivity index (χ0v) is 17.4. The van der Waals surface area contributed by atoms with Gasteiger partial charge in [0.15, 0.2) is 0 Å². The largest absolute Gasteiger partial charge is 0.379 e. The number of fused-ring (bicyclic) bond motifs is 1. The van der Waals surface area contributed by atoms with Gasteiger partial charge in [0, 0.05) is 50.1 Å². The maximum atomic E-state index is 12.3. The highest BCUT2D eigenvalue weighted by Crippen LogP contribution is 2.12. The molecule has 31 heavy (non-hydrogen) atoms. The topological polar surface area (TPSA) is 99.3 Å². The van der Waals surface area contributed by atoms with Gasteiger partial charge in [0.25, 0.3) is 5.91 Å². The maximum Gasteiger partial charge on any atom is 0.251 e. The maximum absolute atomic E-state index is 12.3. The van der Waals surface area contributed by atoms with E-state index < -0.39 is 0 Å². The Morgan fingerprint density at radius 2 is 1.81 bits per heavy atom. The van der Waals surface area contributed by atoms with Gasteiger partial charge in [-0.25, -0.2) is 0 Å². The first kappa shape index (κ1) is 21.0. The third kappa shape index (κ3) is 5.90. The van der Waals surface area contributed by atoms with Crippen molar-refractivity contribution in [2.24, 2.45) is 0 Å². The number of nitrogens with zero attached hydrogens (tertiary/aromatic N) is 2. The molecule has 1 aliphatic heterocycles. The standard InChI is InChI=1S/C23H27N5O3/c29-22(7-8-24-23(30)19-5-6-20-15-26-27-21(20)13-19)25-14-17-1-3-18(4-2-17)16-28-9-11-31-12-10-28/h1-6,13,15H,7-12,14,16H2,(H,24,30)(H,25,29)(H,26,27). The second kappa shape index (κ2) is 10.2. The SMILES string of the molecule is O=C(CCNC(=O)c1ccc2cn[nH]c2c1)NCc1ccc(CN2CCOCC2)cc1. The predicted molar refractivity (Wildman–Crippen MR) is 117 cm³/mol. The summed E-state index contributed by atoms with van der Waals surface area (Å²) >= 11 is 0. The number of aromatic nitrogens is 2. The third-order valence-corrected chi connectivity index (χ3v) is 5.36. The molecule has 0 atom stereocenters. The fourth-order valence-corrected chi connectivity index (χ4v) is 3.54. The number of ether oxygens (including phenoxy) is 1. The fraction of sp³-hybridized carbons (Fsp3) is 0.348. The highest BCUT2D eigenvalue weighted by molar-refractivity contribution is 5.97. The Balaban J connectivity index is 1.16. The second-order valence-corrected chi connectivity index (χ2v) is 7.66. The van der Waals surface area contributed by atoms with Crippen molar-refractivity contribution in [2.45, 2.75) is 19.5 Å². The first-order valence-corrected chi connectivity index (χ1v) is 10.5. The average Bonchev–Trinajstić information content (AvgIpc) is 3.27. The summed E-state index contributed by atoms with van der Waals surface area (Å²) in [4.78, 5) is 26.7. The lowest BCUT2D eigenvalue weighted by molar-refractivity contribution is -0.121. The average molecular weight is 422 g/mol. The number of carbonyl (C=O) groups excluding carboxylic acids is 2. The van der Waals surface area contributed by atoms with Crippen LogP contribution in [0.2, 0.25) is 0 Å². The van der Waals surface area contributed by atoms with Crippen molar-refractivity contribution in [3.63, 3.8) is 0 Å². The van der Waals surface area contributed by atoms with Crippen LogP contribution in [0.5, 0.6) is 0 Å². The molecule has 3 N–H and O–H groups in total. The van der Waals surface area contributed by atoms with Crippen LogP contribution in [0.1, 0.15) is 27.9 Å². The van der Waals surface area contributed by atoms with Crippen LogP contribution in [-0.2, 0) is 22.6 Å². The van der Waals surface area contributed by atoms with E-state index in [0.717, 1.165) is 49.3 Å². The van der Waals surface area contributed by atoms with E-state index in [0.29, 0.717) is 12.1 Å². The number of nitrogens with one attached hydrogen (secondary N) is 3. The lowest BCUT2D eigenvalue weighted by atomic mass is 10.1. The van der Waals surface area contributed by atoms with Crippen LogP contribution in [-0.4, -0.2) is 59.8 Å². The third-order valence-electron chi connectivity index (χ3n) is 5.36. The van der Waals surface area contributed by atoms with Gasteiger partial charge in [0.2, 0.25) is 5.91 Å². The summed E-state index contributed by atoms with van der Waals surface area (Å²) in [6.45, 7) is 5.20. The van der Waals surface area contributed by atoms with Gasteiger partial charge in [-0.1, -0.05) is 30.3 Å². The Kier molecular flexibility index (Phi) is 6.91. The molecule has 8 heteroatoms. The van der Waals surface area contributed by atoms with Gasteiger partial charge in [0.05, 0.1) is 24.9 Å². The first-order chi connectivity index (χ1) is 15.2. The van der Waals surface area contributed by atoms with E-state index in [1.807, 2.05) is 18.2 Å². The normalized spacial score (nSPS) is 14.5. The predicted octanol–water partition coefficient (Wildman–Crippen LogP) is 1.83. The Labute approximate surface area is 181 Å². The summed E-state index contributed by atoms with van der Waals surface area (Å²) in [6, 6.07) is 13.6. The van der Waals surface area contributed by atoms with Crippen LogP contribution in [0.15, 0.2) is 48.7 Å². The lowest BCUT2D eigenvalue weighted by Gasteiger charge is -2.26. The minimum absolute atomic E-state index is 0.0956. The molecule has 2 amide bonds. The van der Waals surface area contributed by atoms with Gasteiger partial charge in [-0.2, -0.15) is 5.10 Å². The Bertz CT molecular complexity index is 1030. The Hall–Kier alpha value is -3.23. The lowest BCUT2D eigenvalue weighted by Crippen LogP contribution is -2.35. The molecule has 3 aromatic rings. The number of H-pyrrole nitrogens is 1. The summed E-state index contributed by atoms with van der Waals surface area (Å²) < 4.78 is 5.38. The molecule has 1 saturated heterocycles. The van der Waals surface area contributed by atoms with Crippen molar-refractivity contribution in [2.75, 3.05) is 32.8 Å². The number of aromatic amines is 1. The van der Waals surface area contributed by atoms with Gasteiger partial charge in [-0.05, 0) is 23.3 Å². The number of rotatable bonds is 8. The van der Waals surface area contributed by atoms with E-state index in [1.54, 1.807) is 18.3 Å². The van der Waals surface area contributed by atoms with Gasteiger partial charge in [-0.3, -0.25) is 19.6 Å². The summed E-state index contributed by atoms with van der Waals surface area (Å²) in [5.41, 5.74) is 3.65. The minimum Gasteiger partial charge on any atom is -0.379 e. The summed E-state index contributed by atoms with van der Waals surface area (Å²) in [6.07, 6.45) is 1.94. The van der Waals surface area contributed by atoms with Crippen LogP contribution in [0.3, 0.4) is 0 Å². The molecule has 1 aliphatic rings. The molecule has 0 radical (unpaired) electrons. The molecule has 0 saturated carbocycles. The molecule has 4 rings (SSSR count). The Morgan fingerprint density at radius 3 is 2.61 bits per heavy atom. The first-order valence-electron chi connectivity index (χ1n) is 10.5. The molecule has 162 valence electrons. The van der Waals surface area contributed by atoms with E-state index in [1.165, 1.54) is 5.56 Å². The molecule has 0 spiro atoms. The highest BCUT2D eigenvalue weighted by atomic mass is 16.5. The summed E-state index contributed by atoms with van der Waals surface area (Å²) in [7, 11) is 0. The second-order valence-electron chi connectivity index (χ2n) is 7.66. The molecule has 0 bridgehead atoms. The zero-order chi connectivity index (χ0) is 21.5. The molecule has 0 aliphatic carbocycles. The van der Waals surface area contributed by atoms with Gasteiger partial charge in [-0.15, -0.1) is 0 Å². The number of hydrogen-bond acceptors (Lipinski definition) is 5. The van der Waals surface area contributed by atoms with Crippen LogP contribution >= 0.6 is 0 Å². The van der Waals surface area contributed by atoms with Crippen molar-refractivity contribution >= 4 is 22.7 Å². The molecule has 8 nitrogen and oxygen atoms in total. The van der Waals surface area contributed by atoms with Crippen LogP contribution in [0.25, 0.3) is 10.9 Å². The van der Waals surface area contributed by atoms with Crippen molar-refractivity contribution in [1.29, 1.82) is 0 Å². The van der Waals surface area contributed by atoms with E-state index >= 15 is 0 Å². The highest BCUT2D eigenvalue weighted by Gasteiger charge is 2.11. The number of morpholine rings is 1. The molecule has 1 fully saturated rings. The van der Waals surface area contributed by atoms with E-state index in [4.69, 9.17) is 4.74 Å². The number of carbonyl (C=O) groups is 2. The molecule has 0 unspecified atom stereocenters. The molecule has 2 heterocycles. The number of benzene rings is 2. The monoisotopic (exact) mass is 421 g/mol. The van der Waals surface area contributed by atoms with Crippen LogP contribution in [0, 0.1) is 0 Å². The van der Waals surface area contributed by atoms with Gasteiger partial charge in [0.1, 0.15) is 0 Å². The molecule has 2 aromatic carbocycles. The van der Waals surface area contributed by atoms with E-state index in [2.05, 4.69) is 37.9 Å². The number of hydrogen-bond donors (Lipinski definition) is 3. The van der Waals surface area contributed by atoms with Gasteiger partial charge >= 0.3 is 0 Å². The van der Waals surface area contributed by atoms with Crippen molar-refractivity contribution in [3.05, 3.63) is 65.4 Å². The van der Waals surface area contributed by atoms with E-state index in [9.17, 15) is 9.59 Å². The van der Waals surface area contributed by atoms with Crippen molar-refractivity contribution in [1.82, 2.24) is 25.7 Å². The van der Waals surface area contributed by atoms with E-state index in [-0.39, 0.29) is 24.8 Å². The van der Waals surface area contributed by atoms with Gasteiger partial charge < -0.3 is 15.4 Å². The van der Waals surface area contributed by atoms with Crippen LogP contribution < -0.4 is 10.6 Å². The molecule has 1 aromatic heterocycles.